The molecular weight excluding hydrogens is 314 g/mol. The second kappa shape index (κ2) is 7.01. The number of benzene rings is 1. The van der Waals surface area contributed by atoms with Crippen LogP contribution in [-0.2, 0) is 14.8 Å². The lowest BCUT2D eigenvalue weighted by molar-refractivity contribution is -0.130. The van der Waals surface area contributed by atoms with E-state index in [1.165, 1.54) is 0 Å². The van der Waals surface area contributed by atoms with Gasteiger partial charge in [0.2, 0.25) is 15.9 Å². The van der Waals surface area contributed by atoms with Crippen LogP contribution in [0.2, 0.25) is 0 Å². The van der Waals surface area contributed by atoms with Gasteiger partial charge in [-0.05, 0) is 43.0 Å². The minimum Gasteiger partial charge on any atom is -0.341 e. The highest BCUT2D eigenvalue weighted by atomic mass is 32.2. The van der Waals surface area contributed by atoms with Crippen LogP contribution in [0.4, 0.5) is 5.69 Å². The summed E-state index contributed by atoms with van der Waals surface area (Å²) in [5.41, 5.74) is 0.837. The molecule has 0 bridgehead atoms. The molecule has 0 atom stereocenters. The van der Waals surface area contributed by atoms with Gasteiger partial charge in [0, 0.05) is 13.1 Å². The number of amides is 1. The summed E-state index contributed by atoms with van der Waals surface area (Å²) in [7, 11) is -3.58. The van der Waals surface area contributed by atoms with Gasteiger partial charge in [0.05, 0.1) is 23.6 Å². The summed E-state index contributed by atoms with van der Waals surface area (Å²) in [6.45, 7) is 3.29. The monoisotopic (exact) mass is 335 g/mol. The van der Waals surface area contributed by atoms with E-state index < -0.39 is 10.0 Å². The minimum absolute atomic E-state index is 0.188. The standard InChI is InChI=1S/C16H21N3O3S/c1-13-7-9-18(10-8-13)16(20)12-19(23(2,21)22)15-5-3-14(11-17)4-6-15/h3-6,13H,7-10,12H2,1-2H3. The van der Waals surface area contributed by atoms with Crippen LogP contribution in [0.15, 0.2) is 24.3 Å². The van der Waals surface area contributed by atoms with Crippen molar-refractivity contribution < 1.29 is 13.2 Å². The summed E-state index contributed by atoms with van der Waals surface area (Å²) in [5, 5.41) is 8.82. The molecule has 1 aliphatic rings. The van der Waals surface area contributed by atoms with Gasteiger partial charge in [-0.2, -0.15) is 5.26 Å². The first kappa shape index (κ1) is 17.3. The number of carbonyl (C=O) groups is 1. The summed E-state index contributed by atoms with van der Waals surface area (Å²) >= 11 is 0. The van der Waals surface area contributed by atoms with Crippen LogP contribution in [-0.4, -0.2) is 45.1 Å². The Morgan fingerprint density at radius 2 is 1.87 bits per heavy atom. The Kier molecular flexibility index (Phi) is 5.26. The molecule has 2 rings (SSSR count). The van der Waals surface area contributed by atoms with Gasteiger partial charge in [0.1, 0.15) is 6.54 Å². The van der Waals surface area contributed by atoms with E-state index in [-0.39, 0.29) is 12.5 Å². The first-order chi connectivity index (χ1) is 10.8. The van der Waals surface area contributed by atoms with E-state index >= 15 is 0 Å². The second-order valence-electron chi connectivity index (χ2n) is 5.99. The van der Waals surface area contributed by atoms with E-state index in [9.17, 15) is 13.2 Å². The quantitative estimate of drug-likeness (QED) is 0.836. The predicted octanol–water partition coefficient (Wildman–Crippen LogP) is 1.58. The highest BCUT2D eigenvalue weighted by Crippen LogP contribution is 2.20. The second-order valence-corrected chi connectivity index (χ2v) is 7.90. The molecule has 1 aliphatic heterocycles. The third-order valence-corrected chi connectivity index (χ3v) is 5.24. The first-order valence-corrected chi connectivity index (χ1v) is 9.41. The Labute approximate surface area is 137 Å². The predicted molar refractivity (Wildman–Crippen MR) is 88.3 cm³/mol. The van der Waals surface area contributed by atoms with Crippen molar-refractivity contribution in [1.29, 1.82) is 5.26 Å². The molecule has 124 valence electrons. The lowest BCUT2D eigenvalue weighted by atomic mass is 9.99. The van der Waals surface area contributed by atoms with Crippen molar-refractivity contribution in [2.24, 2.45) is 5.92 Å². The molecule has 0 unspecified atom stereocenters. The lowest BCUT2D eigenvalue weighted by Crippen LogP contribution is -2.45. The molecule has 1 fully saturated rings. The topological polar surface area (TPSA) is 81.5 Å². The van der Waals surface area contributed by atoms with Crippen molar-refractivity contribution in [3.63, 3.8) is 0 Å². The van der Waals surface area contributed by atoms with Gasteiger partial charge >= 0.3 is 0 Å². The van der Waals surface area contributed by atoms with Crippen LogP contribution >= 0.6 is 0 Å². The number of hydrogen-bond acceptors (Lipinski definition) is 4. The normalized spacial score (nSPS) is 16.0. The molecule has 1 heterocycles. The van der Waals surface area contributed by atoms with E-state index in [1.54, 1.807) is 29.2 Å². The van der Waals surface area contributed by atoms with Crippen molar-refractivity contribution in [1.82, 2.24) is 4.90 Å². The summed E-state index contributed by atoms with van der Waals surface area (Å²) in [6.07, 6.45) is 2.97. The van der Waals surface area contributed by atoms with Crippen molar-refractivity contribution in [2.45, 2.75) is 19.8 Å². The van der Waals surface area contributed by atoms with Crippen LogP contribution < -0.4 is 4.31 Å². The van der Waals surface area contributed by atoms with Crippen LogP contribution in [0.1, 0.15) is 25.3 Å². The molecule has 7 heteroatoms. The third kappa shape index (κ3) is 4.45. The van der Waals surface area contributed by atoms with E-state index in [2.05, 4.69) is 6.92 Å². The molecule has 0 saturated carbocycles. The molecule has 0 aliphatic carbocycles. The Balaban J connectivity index is 2.16. The smallest absolute Gasteiger partial charge is 0.243 e. The van der Waals surface area contributed by atoms with Crippen molar-refractivity contribution >= 4 is 21.6 Å². The van der Waals surface area contributed by atoms with Crippen LogP contribution in [0.5, 0.6) is 0 Å². The molecule has 23 heavy (non-hydrogen) atoms. The molecule has 1 saturated heterocycles. The molecule has 0 N–H and O–H groups in total. The molecule has 1 aromatic carbocycles. The maximum atomic E-state index is 12.4. The molecule has 0 spiro atoms. The number of piperidine rings is 1. The van der Waals surface area contributed by atoms with Gasteiger partial charge in [-0.1, -0.05) is 6.92 Å². The minimum atomic E-state index is -3.58. The van der Waals surface area contributed by atoms with Gasteiger partial charge < -0.3 is 4.90 Å². The fraction of sp³-hybridized carbons (Fsp3) is 0.500. The maximum Gasteiger partial charge on any atom is 0.243 e. The average Bonchev–Trinajstić information content (AvgIpc) is 2.52. The molecule has 0 radical (unpaired) electrons. The van der Waals surface area contributed by atoms with Crippen LogP contribution in [0.25, 0.3) is 0 Å². The lowest BCUT2D eigenvalue weighted by Gasteiger charge is -2.32. The number of rotatable bonds is 4. The Morgan fingerprint density at radius 1 is 1.30 bits per heavy atom. The molecule has 0 aromatic heterocycles. The van der Waals surface area contributed by atoms with Gasteiger partial charge in [0.25, 0.3) is 0 Å². The first-order valence-electron chi connectivity index (χ1n) is 7.57. The summed E-state index contributed by atoms with van der Waals surface area (Å²) in [4.78, 5) is 14.1. The number of nitrogens with zero attached hydrogens (tertiary/aromatic N) is 3. The van der Waals surface area contributed by atoms with Crippen LogP contribution in [0, 0.1) is 17.2 Å². The Bertz CT molecular complexity index is 699. The van der Waals surface area contributed by atoms with Crippen molar-refractivity contribution in [3.05, 3.63) is 29.8 Å². The largest absolute Gasteiger partial charge is 0.341 e. The average molecular weight is 335 g/mol. The number of anilines is 1. The highest BCUT2D eigenvalue weighted by molar-refractivity contribution is 7.92. The zero-order valence-electron chi connectivity index (χ0n) is 13.4. The molecule has 1 aromatic rings. The van der Waals surface area contributed by atoms with Gasteiger partial charge in [-0.15, -0.1) is 0 Å². The fourth-order valence-electron chi connectivity index (χ4n) is 2.58. The van der Waals surface area contributed by atoms with Gasteiger partial charge in [-0.3, -0.25) is 9.10 Å². The number of carbonyl (C=O) groups excluding carboxylic acids is 1. The fourth-order valence-corrected chi connectivity index (χ4v) is 3.43. The third-order valence-electron chi connectivity index (χ3n) is 4.10. The number of likely N-dealkylation sites (tertiary alicyclic amines) is 1. The SMILES string of the molecule is CC1CCN(C(=O)CN(c2ccc(C#N)cc2)S(C)(=O)=O)CC1. The van der Waals surface area contributed by atoms with Gasteiger partial charge in [0.15, 0.2) is 0 Å². The molecule has 1 amide bonds. The van der Waals surface area contributed by atoms with Crippen molar-refractivity contribution in [3.8, 4) is 6.07 Å². The summed E-state index contributed by atoms with van der Waals surface area (Å²) < 4.78 is 25.2. The van der Waals surface area contributed by atoms with E-state index in [4.69, 9.17) is 5.26 Å². The number of sulfonamides is 1. The summed E-state index contributed by atoms with van der Waals surface area (Å²) in [5.74, 6) is 0.412. The maximum absolute atomic E-state index is 12.4. The molecule has 6 nitrogen and oxygen atoms in total. The zero-order valence-corrected chi connectivity index (χ0v) is 14.2. The molecular formula is C16H21N3O3S. The van der Waals surface area contributed by atoms with E-state index in [1.807, 2.05) is 6.07 Å². The van der Waals surface area contributed by atoms with Crippen molar-refractivity contribution in [2.75, 3.05) is 30.2 Å². The summed E-state index contributed by atoms with van der Waals surface area (Å²) in [6, 6.07) is 8.16. The Hall–Kier alpha value is -2.07. The number of nitriles is 1. The van der Waals surface area contributed by atoms with Gasteiger partial charge in [-0.25, -0.2) is 8.42 Å². The van der Waals surface area contributed by atoms with Crippen LogP contribution in [0.3, 0.4) is 0 Å². The number of hydrogen-bond donors (Lipinski definition) is 0. The van der Waals surface area contributed by atoms with E-state index in [0.717, 1.165) is 23.4 Å². The van der Waals surface area contributed by atoms with E-state index in [0.29, 0.717) is 30.3 Å². The zero-order chi connectivity index (χ0) is 17.0. The highest BCUT2D eigenvalue weighted by Gasteiger charge is 2.26. The Morgan fingerprint density at radius 3 is 2.35 bits per heavy atom.